The summed E-state index contributed by atoms with van der Waals surface area (Å²) in [5.74, 6) is 1.98. The molecule has 3 aromatic heterocycles. The minimum Gasteiger partial charge on any atom is -0.424 e. The normalized spacial score (nSPS) is 12.7. The van der Waals surface area contributed by atoms with Gasteiger partial charge >= 0.3 is 5.97 Å². The number of esters is 1. The fourth-order valence-electron chi connectivity index (χ4n) is 4.89. The van der Waals surface area contributed by atoms with Crippen LogP contribution in [0, 0.1) is 5.92 Å². The molecule has 0 radical (unpaired) electrons. The molecule has 0 fully saturated rings. The van der Waals surface area contributed by atoms with Crippen LogP contribution in [-0.4, -0.2) is 24.9 Å². The summed E-state index contributed by atoms with van der Waals surface area (Å²) in [6.45, 7) is 9.67. The van der Waals surface area contributed by atoms with Crippen molar-refractivity contribution in [2.24, 2.45) is 5.92 Å². The molecule has 0 saturated carbocycles. The summed E-state index contributed by atoms with van der Waals surface area (Å²) in [5.41, 5.74) is 3.70. The monoisotopic (exact) mass is 476 g/mol. The molecule has 0 saturated heterocycles. The van der Waals surface area contributed by atoms with Crippen molar-refractivity contribution >= 4 is 33.7 Å². The SMILES string of the molecule is CCCCC(=O)Oc1cn(C[C@H](CC)CCCC)c2nc(CCCC)n3c4ccccc4nc3c12. The van der Waals surface area contributed by atoms with E-state index in [1.54, 1.807) is 0 Å². The number of aryl methyl sites for hydroxylation is 1. The Hall–Kier alpha value is -2.89. The van der Waals surface area contributed by atoms with Crippen molar-refractivity contribution in [3.05, 3.63) is 36.3 Å². The maximum Gasteiger partial charge on any atom is 0.311 e. The summed E-state index contributed by atoms with van der Waals surface area (Å²) in [7, 11) is 0. The average molecular weight is 477 g/mol. The number of rotatable bonds is 13. The molecule has 6 heteroatoms. The van der Waals surface area contributed by atoms with Gasteiger partial charge in [0, 0.05) is 25.6 Å². The van der Waals surface area contributed by atoms with Crippen LogP contribution in [0.1, 0.15) is 91.3 Å². The van der Waals surface area contributed by atoms with Crippen LogP contribution in [0.3, 0.4) is 0 Å². The van der Waals surface area contributed by atoms with Gasteiger partial charge in [-0.2, -0.15) is 0 Å². The Bertz CT molecular complexity index is 1290. The maximum absolute atomic E-state index is 12.7. The highest BCUT2D eigenvalue weighted by atomic mass is 16.5. The van der Waals surface area contributed by atoms with E-state index >= 15 is 0 Å². The number of carbonyl (C=O) groups is 1. The summed E-state index contributed by atoms with van der Waals surface area (Å²) < 4.78 is 10.4. The Morgan fingerprint density at radius 3 is 2.49 bits per heavy atom. The molecule has 0 spiro atoms. The molecule has 0 aliphatic heterocycles. The van der Waals surface area contributed by atoms with E-state index in [0.29, 0.717) is 18.1 Å². The molecule has 6 nitrogen and oxygen atoms in total. The van der Waals surface area contributed by atoms with Crippen LogP contribution < -0.4 is 4.74 Å². The standard InChI is InChI=1S/C29H40N4O2/c1-5-9-14-21(8-4)19-32-20-24(35-26(34)18-11-7-3)27-28(32)31-25(17-10-6-2)33-23-16-13-12-15-22(23)30-29(27)33/h12-13,15-16,20-21H,5-11,14,17-19H2,1-4H3/t21-/m1/s1. The number of unbranched alkanes of at least 4 members (excludes halogenated alkanes) is 3. The van der Waals surface area contributed by atoms with Crippen LogP contribution >= 0.6 is 0 Å². The predicted molar refractivity (Wildman–Crippen MR) is 143 cm³/mol. The van der Waals surface area contributed by atoms with Gasteiger partial charge in [0.25, 0.3) is 0 Å². The third-order valence-corrected chi connectivity index (χ3v) is 7.00. The van der Waals surface area contributed by atoms with Crippen LogP contribution in [0.2, 0.25) is 0 Å². The topological polar surface area (TPSA) is 61.4 Å². The van der Waals surface area contributed by atoms with Crippen LogP contribution in [0.4, 0.5) is 0 Å². The molecular formula is C29H40N4O2. The molecule has 188 valence electrons. The predicted octanol–water partition coefficient (Wildman–Crippen LogP) is 7.49. The highest BCUT2D eigenvalue weighted by Crippen LogP contribution is 2.35. The number of para-hydroxylation sites is 2. The smallest absolute Gasteiger partial charge is 0.311 e. The van der Waals surface area contributed by atoms with Crippen LogP contribution in [0.5, 0.6) is 5.75 Å². The Balaban J connectivity index is 1.92. The van der Waals surface area contributed by atoms with E-state index in [1.165, 1.54) is 19.3 Å². The third kappa shape index (κ3) is 5.36. The zero-order valence-electron chi connectivity index (χ0n) is 21.8. The van der Waals surface area contributed by atoms with Gasteiger partial charge in [0.2, 0.25) is 0 Å². The number of nitrogens with zero attached hydrogens (tertiary/aromatic N) is 4. The highest BCUT2D eigenvalue weighted by molar-refractivity contribution is 6.00. The number of hydrogen-bond acceptors (Lipinski definition) is 4. The lowest BCUT2D eigenvalue weighted by molar-refractivity contribution is -0.134. The van der Waals surface area contributed by atoms with E-state index in [9.17, 15) is 4.79 Å². The van der Waals surface area contributed by atoms with Gasteiger partial charge in [-0.25, -0.2) is 9.97 Å². The largest absolute Gasteiger partial charge is 0.424 e. The van der Waals surface area contributed by atoms with Crippen LogP contribution in [0.15, 0.2) is 30.5 Å². The van der Waals surface area contributed by atoms with Crippen LogP contribution in [-0.2, 0) is 17.8 Å². The molecule has 1 atom stereocenters. The van der Waals surface area contributed by atoms with Gasteiger partial charge < -0.3 is 9.30 Å². The van der Waals surface area contributed by atoms with Gasteiger partial charge in [-0.1, -0.05) is 71.9 Å². The average Bonchev–Trinajstić information content (AvgIpc) is 3.42. The zero-order valence-corrected chi connectivity index (χ0v) is 21.8. The Morgan fingerprint density at radius 2 is 1.74 bits per heavy atom. The van der Waals surface area contributed by atoms with Gasteiger partial charge in [0.05, 0.1) is 11.0 Å². The highest BCUT2D eigenvalue weighted by Gasteiger charge is 2.23. The quantitative estimate of drug-likeness (QED) is 0.188. The lowest BCUT2D eigenvalue weighted by Gasteiger charge is -2.16. The molecule has 4 aromatic rings. The lowest BCUT2D eigenvalue weighted by atomic mass is 9.99. The molecule has 0 unspecified atom stereocenters. The summed E-state index contributed by atoms with van der Waals surface area (Å²) in [5, 5.41) is 0.844. The van der Waals surface area contributed by atoms with E-state index in [4.69, 9.17) is 14.7 Å². The molecule has 4 rings (SSSR count). The Labute approximate surface area is 208 Å². The first-order valence-electron chi connectivity index (χ1n) is 13.6. The van der Waals surface area contributed by atoms with E-state index in [-0.39, 0.29) is 5.97 Å². The van der Waals surface area contributed by atoms with Gasteiger partial charge in [-0.3, -0.25) is 9.20 Å². The maximum atomic E-state index is 12.7. The number of imidazole rings is 1. The molecule has 0 aliphatic carbocycles. The minimum absolute atomic E-state index is 0.187. The number of carbonyl (C=O) groups excluding carboxylic acids is 1. The zero-order chi connectivity index (χ0) is 24.8. The van der Waals surface area contributed by atoms with E-state index in [2.05, 4.69) is 42.7 Å². The fourth-order valence-corrected chi connectivity index (χ4v) is 4.89. The van der Waals surface area contributed by atoms with E-state index < -0.39 is 0 Å². The number of hydrogen-bond donors (Lipinski definition) is 0. The molecule has 3 heterocycles. The number of ether oxygens (including phenoxy) is 1. The van der Waals surface area contributed by atoms with Gasteiger partial charge in [-0.05, 0) is 37.3 Å². The molecular weight excluding hydrogens is 436 g/mol. The van der Waals surface area contributed by atoms with Crippen molar-refractivity contribution in [2.45, 2.75) is 98.4 Å². The molecule has 0 bridgehead atoms. The Kier molecular flexibility index (Phi) is 8.42. The summed E-state index contributed by atoms with van der Waals surface area (Å²) >= 11 is 0. The second-order valence-corrected chi connectivity index (χ2v) is 9.73. The van der Waals surface area contributed by atoms with Crippen molar-refractivity contribution in [3.63, 3.8) is 0 Å². The second kappa shape index (κ2) is 11.7. The summed E-state index contributed by atoms with van der Waals surface area (Å²) in [6, 6.07) is 8.20. The van der Waals surface area contributed by atoms with Gasteiger partial charge in [0.15, 0.2) is 11.4 Å². The number of fused-ring (bicyclic) bond motifs is 5. The van der Waals surface area contributed by atoms with Crippen molar-refractivity contribution in [3.8, 4) is 5.75 Å². The van der Waals surface area contributed by atoms with E-state index in [0.717, 1.165) is 78.6 Å². The Morgan fingerprint density at radius 1 is 0.971 bits per heavy atom. The molecule has 0 N–H and O–H groups in total. The summed E-state index contributed by atoms with van der Waals surface area (Å²) in [4.78, 5) is 22.9. The van der Waals surface area contributed by atoms with E-state index in [1.807, 2.05) is 24.4 Å². The summed E-state index contributed by atoms with van der Waals surface area (Å²) in [6.07, 6.45) is 12.0. The third-order valence-electron chi connectivity index (χ3n) is 7.00. The van der Waals surface area contributed by atoms with Gasteiger partial charge in [0.1, 0.15) is 16.9 Å². The van der Waals surface area contributed by atoms with Crippen molar-refractivity contribution < 1.29 is 9.53 Å². The molecule has 0 amide bonds. The molecule has 1 aromatic carbocycles. The first kappa shape index (κ1) is 25.2. The van der Waals surface area contributed by atoms with Gasteiger partial charge in [-0.15, -0.1) is 0 Å². The molecule has 35 heavy (non-hydrogen) atoms. The number of benzene rings is 1. The van der Waals surface area contributed by atoms with Crippen LogP contribution in [0.25, 0.3) is 27.7 Å². The van der Waals surface area contributed by atoms with Crippen molar-refractivity contribution in [1.29, 1.82) is 0 Å². The lowest BCUT2D eigenvalue weighted by Crippen LogP contribution is -2.11. The van der Waals surface area contributed by atoms with Crippen molar-refractivity contribution in [2.75, 3.05) is 0 Å². The first-order valence-corrected chi connectivity index (χ1v) is 13.6. The number of aromatic nitrogens is 4. The minimum atomic E-state index is -0.187. The second-order valence-electron chi connectivity index (χ2n) is 9.73. The molecule has 0 aliphatic rings. The van der Waals surface area contributed by atoms with Crippen molar-refractivity contribution in [1.82, 2.24) is 18.9 Å². The fraction of sp³-hybridized carbons (Fsp3) is 0.552. The first-order chi connectivity index (χ1) is 17.1.